The number of H-pyrrole nitrogens is 1. The topological polar surface area (TPSA) is 59.9 Å². The first-order valence-electron chi connectivity index (χ1n) is 9.73. The van der Waals surface area contributed by atoms with E-state index in [-0.39, 0.29) is 18.0 Å². The fraction of sp³-hybridized carbons (Fsp3) is 0.217. The van der Waals surface area contributed by atoms with Crippen molar-refractivity contribution in [1.82, 2.24) is 14.5 Å². The lowest BCUT2D eigenvalue weighted by Gasteiger charge is -2.09. The summed E-state index contributed by atoms with van der Waals surface area (Å²) < 4.78 is 20.2. The van der Waals surface area contributed by atoms with Crippen LogP contribution in [0, 0.1) is 11.7 Å². The van der Waals surface area contributed by atoms with E-state index in [1.165, 1.54) is 31.0 Å². The molecule has 0 saturated heterocycles. The first-order valence-corrected chi connectivity index (χ1v) is 9.73. The molecule has 0 bridgehead atoms. The number of imidazole rings is 1. The van der Waals surface area contributed by atoms with Crippen molar-refractivity contribution in [3.05, 3.63) is 88.4 Å². The number of ether oxygens (including phenoxy) is 1. The highest BCUT2D eigenvalue weighted by Gasteiger charge is 2.23. The zero-order valence-corrected chi connectivity index (χ0v) is 15.8. The van der Waals surface area contributed by atoms with E-state index in [4.69, 9.17) is 4.74 Å². The molecule has 29 heavy (non-hydrogen) atoms. The fourth-order valence-electron chi connectivity index (χ4n) is 3.40. The van der Waals surface area contributed by atoms with Gasteiger partial charge in [-0.3, -0.25) is 9.36 Å². The van der Waals surface area contributed by atoms with Crippen LogP contribution < -0.4 is 10.3 Å². The summed E-state index contributed by atoms with van der Waals surface area (Å²) in [7, 11) is 0. The molecule has 146 valence electrons. The molecular formula is C23H20FN3O2. The molecule has 1 aliphatic rings. The second-order valence-corrected chi connectivity index (χ2v) is 7.52. The van der Waals surface area contributed by atoms with E-state index in [9.17, 15) is 9.18 Å². The number of aromatic amines is 1. The Morgan fingerprint density at radius 2 is 1.93 bits per heavy atom. The summed E-state index contributed by atoms with van der Waals surface area (Å²) >= 11 is 0. The number of nitrogens with zero attached hydrogens (tertiary/aromatic N) is 2. The zero-order valence-electron chi connectivity index (χ0n) is 15.8. The smallest absolute Gasteiger partial charge is 0.258 e. The van der Waals surface area contributed by atoms with Crippen LogP contribution in [0.25, 0.3) is 16.7 Å². The maximum absolute atomic E-state index is 13.0. The Bertz CT molecular complexity index is 1220. The Balaban J connectivity index is 1.35. The maximum atomic E-state index is 13.0. The van der Waals surface area contributed by atoms with Gasteiger partial charge in [-0.1, -0.05) is 12.1 Å². The van der Waals surface area contributed by atoms with Gasteiger partial charge in [0, 0.05) is 18.7 Å². The minimum absolute atomic E-state index is 0.182. The molecular weight excluding hydrogens is 369 g/mol. The van der Waals surface area contributed by atoms with Gasteiger partial charge in [-0.2, -0.15) is 0 Å². The van der Waals surface area contributed by atoms with Crippen molar-refractivity contribution in [3.8, 4) is 11.4 Å². The summed E-state index contributed by atoms with van der Waals surface area (Å²) in [5.74, 6) is 1.96. The number of hydrogen-bond acceptors (Lipinski definition) is 3. The number of hydrogen-bond donors (Lipinski definition) is 1. The van der Waals surface area contributed by atoms with Gasteiger partial charge >= 0.3 is 0 Å². The monoisotopic (exact) mass is 389 g/mol. The predicted octanol–water partition coefficient (Wildman–Crippen LogP) is 4.38. The molecule has 5 rings (SSSR count). The second kappa shape index (κ2) is 7.20. The number of nitrogens with one attached hydrogen (secondary N) is 1. The van der Waals surface area contributed by atoms with Crippen LogP contribution in [0.1, 0.15) is 24.2 Å². The molecule has 0 amide bonds. The molecule has 2 aromatic carbocycles. The van der Waals surface area contributed by atoms with Crippen LogP contribution in [-0.2, 0) is 13.0 Å². The number of benzene rings is 2. The van der Waals surface area contributed by atoms with Gasteiger partial charge in [-0.25, -0.2) is 9.37 Å². The minimum Gasteiger partial charge on any atom is -0.489 e. The second-order valence-electron chi connectivity index (χ2n) is 7.52. The van der Waals surface area contributed by atoms with Crippen LogP contribution >= 0.6 is 0 Å². The number of pyridine rings is 1. The molecule has 0 spiro atoms. The predicted molar refractivity (Wildman–Crippen MR) is 109 cm³/mol. The molecule has 2 heterocycles. The standard InChI is InChI=1S/C23H20FN3O2/c24-17-5-3-16(4-6-17)14-29-19-9-10-27(23(28)13-19)18-7-8-20-21(12-18)26-22(25-20)11-15-1-2-15/h3-10,12-13,15H,1-2,11,14H2,(H,25,26). The third-order valence-electron chi connectivity index (χ3n) is 5.18. The molecule has 1 aliphatic carbocycles. The van der Waals surface area contributed by atoms with Crippen molar-refractivity contribution in [2.45, 2.75) is 25.9 Å². The molecule has 0 aliphatic heterocycles. The lowest BCUT2D eigenvalue weighted by atomic mass is 10.2. The van der Waals surface area contributed by atoms with Crippen LogP contribution in [0.3, 0.4) is 0 Å². The van der Waals surface area contributed by atoms with Crippen LogP contribution in [0.15, 0.2) is 65.6 Å². The maximum Gasteiger partial charge on any atom is 0.258 e. The summed E-state index contributed by atoms with van der Waals surface area (Å²) in [6.45, 7) is 0.271. The van der Waals surface area contributed by atoms with Crippen molar-refractivity contribution >= 4 is 11.0 Å². The molecule has 4 aromatic rings. The Hall–Kier alpha value is -3.41. The van der Waals surface area contributed by atoms with Gasteiger partial charge in [-0.05, 0) is 60.7 Å². The van der Waals surface area contributed by atoms with Crippen LogP contribution in [-0.4, -0.2) is 14.5 Å². The van der Waals surface area contributed by atoms with Crippen molar-refractivity contribution in [2.24, 2.45) is 5.92 Å². The molecule has 6 heteroatoms. The van der Waals surface area contributed by atoms with Crippen molar-refractivity contribution < 1.29 is 9.13 Å². The average Bonchev–Trinajstić information content (AvgIpc) is 3.44. The summed E-state index contributed by atoms with van der Waals surface area (Å²) in [5, 5.41) is 0. The van der Waals surface area contributed by atoms with E-state index in [2.05, 4.69) is 9.97 Å². The number of fused-ring (bicyclic) bond motifs is 1. The Morgan fingerprint density at radius 3 is 2.69 bits per heavy atom. The highest BCUT2D eigenvalue weighted by atomic mass is 19.1. The molecule has 2 aromatic heterocycles. The van der Waals surface area contributed by atoms with E-state index >= 15 is 0 Å². The average molecular weight is 389 g/mol. The first kappa shape index (κ1) is 17.7. The van der Waals surface area contributed by atoms with E-state index < -0.39 is 0 Å². The summed E-state index contributed by atoms with van der Waals surface area (Å²) in [6.07, 6.45) is 5.26. The molecule has 5 nitrogen and oxygen atoms in total. The SMILES string of the molecule is O=c1cc(OCc2ccc(F)cc2)ccn1-c1ccc2nc(CC3CC3)[nH]c2c1. The molecule has 0 unspecified atom stereocenters. The van der Waals surface area contributed by atoms with Crippen molar-refractivity contribution in [1.29, 1.82) is 0 Å². The lowest BCUT2D eigenvalue weighted by Crippen LogP contribution is -2.16. The normalized spacial score (nSPS) is 13.7. The van der Waals surface area contributed by atoms with Crippen molar-refractivity contribution in [2.75, 3.05) is 0 Å². The van der Waals surface area contributed by atoms with Gasteiger partial charge in [0.2, 0.25) is 0 Å². The number of halogens is 1. The van der Waals surface area contributed by atoms with Crippen LogP contribution in [0.4, 0.5) is 4.39 Å². The van der Waals surface area contributed by atoms with Gasteiger partial charge < -0.3 is 9.72 Å². The van der Waals surface area contributed by atoms with E-state index in [0.717, 1.165) is 40.4 Å². The molecule has 1 fully saturated rings. The van der Waals surface area contributed by atoms with E-state index in [1.807, 2.05) is 18.2 Å². The summed E-state index contributed by atoms with van der Waals surface area (Å²) in [4.78, 5) is 20.6. The van der Waals surface area contributed by atoms with Crippen LogP contribution in [0.5, 0.6) is 5.75 Å². The third-order valence-corrected chi connectivity index (χ3v) is 5.18. The highest BCUT2D eigenvalue weighted by Crippen LogP contribution is 2.32. The Morgan fingerprint density at radius 1 is 1.10 bits per heavy atom. The van der Waals surface area contributed by atoms with Gasteiger partial charge in [0.05, 0.1) is 16.7 Å². The quantitative estimate of drug-likeness (QED) is 0.532. The summed E-state index contributed by atoms with van der Waals surface area (Å²) in [6, 6.07) is 15.1. The Labute approximate surface area is 166 Å². The fourth-order valence-corrected chi connectivity index (χ4v) is 3.40. The molecule has 0 radical (unpaired) electrons. The molecule has 0 atom stereocenters. The number of aromatic nitrogens is 3. The third kappa shape index (κ3) is 3.92. The molecule has 1 saturated carbocycles. The Kier molecular flexibility index (Phi) is 4.39. The largest absolute Gasteiger partial charge is 0.489 e. The lowest BCUT2D eigenvalue weighted by molar-refractivity contribution is 0.305. The molecule has 1 N–H and O–H groups in total. The van der Waals surface area contributed by atoms with Gasteiger partial charge in [0.25, 0.3) is 5.56 Å². The van der Waals surface area contributed by atoms with Crippen LogP contribution in [0.2, 0.25) is 0 Å². The van der Waals surface area contributed by atoms with Gasteiger partial charge in [0.1, 0.15) is 24.0 Å². The highest BCUT2D eigenvalue weighted by molar-refractivity contribution is 5.77. The van der Waals surface area contributed by atoms with E-state index in [0.29, 0.717) is 5.75 Å². The summed E-state index contributed by atoms with van der Waals surface area (Å²) in [5.41, 5.74) is 3.27. The minimum atomic E-state index is -0.287. The van der Waals surface area contributed by atoms with Gasteiger partial charge in [-0.15, -0.1) is 0 Å². The van der Waals surface area contributed by atoms with Crippen molar-refractivity contribution in [3.63, 3.8) is 0 Å². The first-order chi connectivity index (χ1) is 14.1. The number of rotatable bonds is 6. The van der Waals surface area contributed by atoms with E-state index in [1.54, 1.807) is 29.0 Å². The zero-order chi connectivity index (χ0) is 19.8. The van der Waals surface area contributed by atoms with Gasteiger partial charge in [0.15, 0.2) is 0 Å².